The van der Waals surface area contributed by atoms with Crippen LogP contribution in [0.5, 0.6) is 23.0 Å². The van der Waals surface area contributed by atoms with Crippen molar-refractivity contribution in [3.63, 3.8) is 0 Å². The minimum Gasteiger partial charge on any atom is -0.493 e. The van der Waals surface area contributed by atoms with Crippen molar-refractivity contribution in [3.8, 4) is 23.0 Å². The molecule has 2 aliphatic rings. The summed E-state index contributed by atoms with van der Waals surface area (Å²) in [6, 6.07) is 9.03. The average Bonchev–Trinajstić information content (AvgIpc) is 3.37. The maximum Gasteiger partial charge on any atom is 0.325 e. The minimum atomic E-state index is -0.757. The first-order valence-electron chi connectivity index (χ1n) is 10.0. The lowest BCUT2D eigenvalue weighted by molar-refractivity contribution is -0.128. The third-order valence-corrected chi connectivity index (χ3v) is 5.21. The van der Waals surface area contributed by atoms with Crippen LogP contribution in [-0.2, 0) is 16.1 Å². The molecule has 10 heteroatoms. The molecule has 2 aliphatic heterocycles. The highest BCUT2D eigenvalue weighted by molar-refractivity contribution is 6.04. The number of urea groups is 1. The van der Waals surface area contributed by atoms with Crippen LogP contribution in [-0.4, -0.2) is 49.8 Å². The summed E-state index contributed by atoms with van der Waals surface area (Å²) in [7, 11) is 3.03. The minimum absolute atomic E-state index is 0.0584. The number of nitrogens with one attached hydrogen (secondary N) is 2. The zero-order valence-electron chi connectivity index (χ0n) is 17.7. The first-order valence-corrected chi connectivity index (χ1v) is 10.0. The second kappa shape index (κ2) is 9.04. The Hall–Kier alpha value is -3.95. The number of fused-ring (bicyclic) bond motifs is 1. The van der Waals surface area contributed by atoms with Gasteiger partial charge in [0.2, 0.25) is 12.7 Å². The van der Waals surface area contributed by atoms with Crippen LogP contribution in [0.2, 0.25) is 0 Å². The number of rotatable bonds is 8. The normalized spacial score (nSPS) is 16.7. The highest BCUT2D eigenvalue weighted by atomic mass is 16.7. The van der Waals surface area contributed by atoms with Crippen LogP contribution in [0.1, 0.15) is 18.4 Å². The summed E-state index contributed by atoms with van der Waals surface area (Å²) in [5, 5.41) is 5.40. The number of methoxy groups -OCH3 is 2. The molecule has 10 nitrogen and oxygen atoms in total. The quantitative estimate of drug-likeness (QED) is 0.604. The van der Waals surface area contributed by atoms with Crippen LogP contribution in [0.4, 0.5) is 10.5 Å². The average molecular weight is 441 g/mol. The molecule has 168 valence electrons. The Morgan fingerprint density at radius 3 is 2.66 bits per heavy atom. The molecule has 1 atom stereocenters. The van der Waals surface area contributed by atoms with Crippen molar-refractivity contribution in [3.05, 3.63) is 42.0 Å². The predicted octanol–water partition coefficient (Wildman–Crippen LogP) is 2.27. The van der Waals surface area contributed by atoms with E-state index >= 15 is 0 Å². The molecule has 2 aromatic carbocycles. The second-order valence-corrected chi connectivity index (χ2v) is 7.27. The number of hydrogen-bond acceptors (Lipinski definition) is 7. The maximum absolute atomic E-state index is 12.7. The Bertz CT molecular complexity index is 1060. The van der Waals surface area contributed by atoms with Gasteiger partial charge in [-0.25, -0.2) is 4.79 Å². The molecule has 2 N–H and O–H groups in total. The molecule has 4 amide bonds. The van der Waals surface area contributed by atoms with Crippen LogP contribution < -0.4 is 29.6 Å². The Morgan fingerprint density at radius 1 is 1.09 bits per heavy atom. The molecule has 0 aliphatic carbocycles. The van der Waals surface area contributed by atoms with Gasteiger partial charge < -0.3 is 29.6 Å². The van der Waals surface area contributed by atoms with E-state index < -0.39 is 12.1 Å². The largest absolute Gasteiger partial charge is 0.493 e. The predicted molar refractivity (Wildman–Crippen MR) is 113 cm³/mol. The first kappa shape index (κ1) is 21.3. The molecule has 0 aromatic heterocycles. The van der Waals surface area contributed by atoms with E-state index in [-0.39, 0.29) is 38.0 Å². The fourth-order valence-corrected chi connectivity index (χ4v) is 3.56. The number of ether oxygens (including phenoxy) is 4. The van der Waals surface area contributed by atoms with Crippen LogP contribution >= 0.6 is 0 Å². The van der Waals surface area contributed by atoms with Gasteiger partial charge in [0.05, 0.1) is 20.8 Å². The van der Waals surface area contributed by atoms with E-state index in [0.717, 1.165) is 10.5 Å². The van der Waals surface area contributed by atoms with Gasteiger partial charge in [0, 0.05) is 18.2 Å². The number of nitrogens with zero attached hydrogens (tertiary/aromatic N) is 1. The van der Waals surface area contributed by atoms with E-state index in [9.17, 15) is 14.4 Å². The molecule has 2 aromatic rings. The molecule has 0 radical (unpaired) electrons. The fourth-order valence-electron chi connectivity index (χ4n) is 3.56. The Kier molecular flexibility index (Phi) is 6.02. The van der Waals surface area contributed by atoms with Crippen molar-refractivity contribution in [2.24, 2.45) is 0 Å². The number of anilines is 1. The first-order chi connectivity index (χ1) is 15.5. The van der Waals surface area contributed by atoms with Crippen molar-refractivity contribution < 1.29 is 33.3 Å². The molecule has 32 heavy (non-hydrogen) atoms. The maximum atomic E-state index is 12.7. The summed E-state index contributed by atoms with van der Waals surface area (Å²) in [5.74, 6) is 1.59. The molecule has 2 heterocycles. The Morgan fingerprint density at radius 2 is 1.88 bits per heavy atom. The molecule has 1 saturated heterocycles. The van der Waals surface area contributed by atoms with Crippen LogP contribution in [0.15, 0.2) is 36.4 Å². The van der Waals surface area contributed by atoms with Gasteiger partial charge in [0.15, 0.2) is 23.0 Å². The van der Waals surface area contributed by atoms with Gasteiger partial charge >= 0.3 is 6.03 Å². The molecule has 4 rings (SSSR count). The standard InChI is InChI=1S/C22H23N3O7/c1-29-16-7-4-14(10-18(16)30-2)23-20(26)8-5-15-21(27)25(22(28)24-15)11-13-3-6-17-19(9-13)32-12-31-17/h3-4,6-7,9-10,15H,5,8,11-12H2,1-2H3,(H,23,26)(H,24,28)/t15-/m0/s1. The lowest BCUT2D eigenvalue weighted by Crippen LogP contribution is -2.31. The monoisotopic (exact) mass is 441 g/mol. The van der Waals surface area contributed by atoms with E-state index in [2.05, 4.69) is 10.6 Å². The van der Waals surface area contributed by atoms with E-state index in [1.54, 1.807) is 36.4 Å². The van der Waals surface area contributed by atoms with Gasteiger partial charge in [-0.05, 0) is 36.2 Å². The zero-order valence-corrected chi connectivity index (χ0v) is 17.7. The fraction of sp³-hybridized carbons (Fsp3) is 0.318. The lowest BCUT2D eigenvalue weighted by Gasteiger charge is -2.14. The van der Waals surface area contributed by atoms with Gasteiger partial charge in [0.25, 0.3) is 5.91 Å². The third kappa shape index (κ3) is 4.39. The third-order valence-electron chi connectivity index (χ3n) is 5.21. The molecule has 1 fully saturated rings. The summed E-state index contributed by atoms with van der Waals surface area (Å²) in [4.78, 5) is 38.5. The smallest absolute Gasteiger partial charge is 0.325 e. The topological polar surface area (TPSA) is 115 Å². The summed E-state index contributed by atoms with van der Waals surface area (Å²) in [5.41, 5.74) is 1.28. The van der Waals surface area contributed by atoms with E-state index in [4.69, 9.17) is 18.9 Å². The number of carbonyl (C=O) groups excluding carboxylic acids is 3. The van der Waals surface area contributed by atoms with Crippen LogP contribution in [0.3, 0.4) is 0 Å². The van der Waals surface area contributed by atoms with Gasteiger partial charge in [-0.3, -0.25) is 14.5 Å². The van der Waals surface area contributed by atoms with Crippen molar-refractivity contribution in [1.29, 1.82) is 0 Å². The zero-order chi connectivity index (χ0) is 22.7. The van der Waals surface area contributed by atoms with Crippen molar-refractivity contribution in [1.82, 2.24) is 10.2 Å². The van der Waals surface area contributed by atoms with Gasteiger partial charge in [-0.1, -0.05) is 6.07 Å². The molecule has 0 bridgehead atoms. The number of benzene rings is 2. The van der Waals surface area contributed by atoms with E-state index in [1.165, 1.54) is 14.2 Å². The van der Waals surface area contributed by atoms with Gasteiger partial charge in [0.1, 0.15) is 6.04 Å². The highest BCUT2D eigenvalue weighted by Gasteiger charge is 2.38. The van der Waals surface area contributed by atoms with Crippen LogP contribution in [0, 0.1) is 0 Å². The Labute approximate surface area is 184 Å². The SMILES string of the molecule is COc1ccc(NC(=O)CC[C@@H]2NC(=O)N(Cc3ccc4c(c3)OCO4)C2=O)cc1OC. The number of carbonyl (C=O) groups is 3. The van der Waals surface area contributed by atoms with Gasteiger partial charge in [-0.2, -0.15) is 0 Å². The summed E-state index contributed by atoms with van der Waals surface area (Å²) >= 11 is 0. The van der Waals surface area contributed by atoms with Crippen molar-refractivity contribution >= 4 is 23.5 Å². The number of imide groups is 1. The Balaban J connectivity index is 1.32. The second-order valence-electron chi connectivity index (χ2n) is 7.27. The molecular weight excluding hydrogens is 418 g/mol. The van der Waals surface area contributed by atoms with Crippen LogP contribution in [0.25, 0.3) is 0 Å². The number of amides is 4. The molecular formula is C22H23N3O7. The van der Waals surface area contributed by atoms with Gasteiger partial charge in [-0.15, -0.1) is 0 Å². The van der Waals surface area contributed by atoms with E-state index in [1.807, 2.05) is 0 Å². The highest BCUT2D eigenvalue weighted by Crippen LogP contribution is 2.33. The summed E-state index contributed by atoms with van der Waals surface area (Å²) in [6.07, 6.45) is 0.240. The lowest BCUT2D eigenvalue weighted by atomic mass is 10.1. The number of hydrogen-bond donors (Lipinski definition) is 2. The summed E-state index contributed by atoms with van der Waals surface area (Å²) < 4.78 is 21.0. The molecule has 0 unspecified atom stereocenters. The molecule has 0 spiro atoms. The van der Waals surface area contributed by atoms with Crippen molar-refractivity contribution in [2.45, 2.75) is 25.4 Å². The van der Waals surface area contributed by atoms with Crippen molar-refractivity contribution in [2.75, 3.05) is 26.3 Å². The summed E-state index contributed by atoms with van der Waals surface area (Å²) in [6.45, 7) is 0.255. The molecule has 0 saturated carbocycles. The van der Waals surface area contributed by atoms with E-state index in [0.29, 0.717) is 28.7 Å².